The third-order valence-electron chi connectivity index (χ3n) is 2.95. The summed E-state index contributed by atoms with van der Waals surface area (Å²) in [4.78, 5) is 0. The molecule has 0 bridgehead atoms. The average molecular weight is 168 g/mol. The molecule has 1 aliphatic carbocycles. The third-order valence-corrected chi connectivity index (χ3v) is 2.95. The van der Waals surface area contributed by atoms with Crippen LogP contribution in [0.1, 0.15) is 40.0 Å². The molecular weight excluding hydrogens is 148 g/mol. The van der Waals surface area contributed by atoms with Gasteiger partial charge in [-0.3, -0.25) is 0 Å². The Labute approximate surface area is 75.5 Å². The highest BCUT2D eigenvalue weighted by Crippen LogP contribution is 2.32. The maximum absolute atomic E-state index is 9.18. The first-order valence-electron chi connectivity index (χ1n) is 4.97. The van der Waals surface area contributed by atoms with Crippen LogP contribution >= 0.6 is 0 Å². The van der Waals surface area contributed by atoms with Crippen LogP contribution in [0.25, 0.3) is 0 Å². The fraction of sp³-hybridized carbons (Fsp3) is 0.818. The van der Waals surface area contributed by atoms with Gasteiger partial charge in [0.25, 0.3) is 0 Å². The summed E-state index contributed by atoms with van der Waals surface area (Å²) in [7, 11) is 0. The largest absolute Gasteiger partial charge is 0.389 e. The van der Waals surface area contributed by atoms with E-state index in [9.17, 15) is 5.11 Å². The number of hydrogen-bond acceptors (Lipinski definition) is 1. The Morgan fingerprint density at radius 3 is 2.58 bits per heavy atom. The average Bonchev–Trinajstić information content (AvgIpc) is 1.96. The predicted octanol–water partition coefficient (Wildman–Crippen LogP) is 2.75. The van der Waals surface area contributed by atoms with Crippen molar-refractivity contribution in [1.82, 2.24) is 0 Å². The lowest BCUT2D eigenvalue weighted by Crippen LogP contribution is -2.15. The number of aliphatic hydroxyl groups is 1. The van der Waals surface area contributed by atoms with E-state index in [1.54, 1.807) is 0 Å². The molecule has 1 nitrogen and oxygen atoms in total. The van der Waals surface area contributed by atoms with Crippen LogP contribution in [0, 0.1) is 11.8 Å². The van der Waals surface area contributed by atoms with Crippen LogP contribution in [0.15, 0.2) is 11.6 Å². The van der Waals surface area contributed by atoms with Crippen LogP contribution in [0.3, 0.4) is 0 Å². The monoisotopic (exact) mass is 168 g/mol. The highest BCUT2D eigenvalue weighted by Gasteiger charge is 2.19. The molecule has 3 atom stereocenters. The summed E-state index contributed by atoms with van der Waals surface area (Å²) in [6.45, 7) is 6.46. The number of aliphatic hydroxyl groups excluding tert-OH is 1. The lowest BCUT2D eigenvalue weighted by Gasteiger charge is -2.27. The summed E-state index contributed by atoms with van der Waals surface area (Å²) in [6.07, 6.45) is 5.42. The van der Waals surface area contributed by atoms with Crippen molar-refractivity contribution in [1.29, 1.82) is 0 Å². The van der Waals surface area contributed by atoms with Gasteiger partial charge in [0.2, 0.25) is 0 Å². The molecule has 1 aliphatic rings. The van der Waals surface area contributed by atoms with E-state index in [-0.39, 0.29) is 6.10 Å². The standard InChI is InChI=1S/C11H20O/c1-8-4-5-11(6-9(8)2)7-10(3)12/h7-10,12H,4-6H2,1-3H3/b11-7-. The zero-order valence-electron chi connectivity index (χ0n) is 8.38. The molecule has 0 aromatic carbocycles. The molecule has 0 aromatic rings. The molecule has 1 saturated carbocycles. The number of allylic oxidation sites excluding steroid dienone is 1. The van der Waals surface area contributed by atoms with Gasteiger partial charge in [-0.2, -0.15) is 0 Å². The molecule has 0 aliphatic heterocycles. The second-order valence-electron chi connectivity index (χ2n) is 4.26. The van der Waals surface area contributed by atoms with Crippen LogP contribution in [0.5, 0.6) is 0 Å². The van der Waals surface area contributed by atoms with Gasteiger partial charge in [0, 0.05) is 0 Å². The molecule has 0 amide bonds. The Kier molecular flexibility index (Phi) is 3.33. The van der Waals surface area contributed by atoms with Crippen LogP contribution in [0.4, 0.5) is 0 Å². The summed E-state index contributed by atoms with van der Waals surface area (Å²) in [5, 5.41) is 9.18. The van der Waals surface area contributed by atoms with Crippen molar-refractivity contribution in [2.45, 2.75) is 46.1 Å². The first-order valence-corrected chi connectivity index (χ1v) is 4.97. The van der Waals surface area contributed by atoms with E-state index in [4.69, 9.17) is 0 Å². The topological polar surface area (TPSA) is 20.2 Å². The van der Waals surface area contributed by atoms with Gasteiger partial charge in [0.1, 0.15) is 0 Å². The lowest BCUT2D eigenvalue weighted by molar-refractivity contribution is 0.239. The summed E-state index contributed by atoms with van der Waals surface area (Å²) >= 11 is 0. The van der Waals surface area contributed by atoms with E-state index in [0.717, 1.165) is 11.8 Å². The van der Waals surface area contributed by atoms with Gasteiger partial charge in [-0.1, -0.05) is 25.5 Å². The normalized spacial score (nSPS) is 36.8. The van der Waals surface area contributed by atoms with Gasteiger partial charge in [0.05, 0.1) is 6.10 Å². The first kappa shape index (κ1) is 9.79. The number of rotatable bonds is 1. The van der Waals surface area contributed by atoms with Crippen LogP contribution in [-0.4, -0.2) is 11.2 Å². The smallest absolute Gasteiger partial charge is 0.0695 e. The SMILES string of the molecule is CC(O)/C=C1/CCC(C)C(C)C1. The summed E-state index contributed by atoms with van der Waals surface area (Å²) in [5.74, 6) is 1.65. The van der Waals surface area contributed by atoms with Crippen molar-refractivity contribution in [3.63, 3.8) is 0 Å². The Balaban J connectivity index is 2.50. The quantitative estimate of drug-likeness (QED) is 0.597. The fourth-order valence-corrected chi connectivity index (χ4v) is 1.91. The highest BCUT2D eigenvalue weighted by molar-refractivity contribution is 5.08. The molecule has 1 fully saturated rings. The Bertz CT molecular complexity index is 170. The van der Waals surface area contributed by atoms with Crippen molar-refractivity contribution >= 4 is 0 Å². The first-order chi connectivity index (χ1) is 5.59. The fourth-order valence-electron chi connectivity index (χ4n) is 1.91. The molecule has 0 saturated heterocycles. The maximum atomic E-state index is 9.18. The predicted molar refractivity (Wildman–Crippen MR) is 51.9 cm³/mol. The van der Waals surface area contributed by atoms with Crippen molar-refractivity contribution in [3.8, 4) is 0 Å². The molecule has 0 spiro atoms. The molecule has 70 valence electrons. The highest BCUT2D eigenvalue weighted by atomic mass is 16.3. The molecule has 0 aromatic heterocycles. The summed E-state index contributed by atoms with van der Waals surface area (Å²) in [5.41, 5.74) is 1.45. The molecule has 12 heavy (non-hydrogen) atoms. The molecule has 0 heterocycles. The molecule has 3 unspecified atom stereocenters. The van der Waals surface area contributed by atoms with Crippen LogP contribution < -0.4 is 0 Å². The van der Waals surface area contributed by atoms with Crippen LogP contribution in [-0.2, 0) is 0 Å². The maximum Gasteiger partial charge on any atom is 0.0695 e. The van der Waals surface area contributed by atoms with Gasteiger partial charge < -0.3 is 5.11 Å². The third kappa shape index (κ3) is 2.63. The van der Waals surface area contributed by atoms with Gasteiger partial charge >= 0.3 is 0 Å². The van der Waals surface area contributed by atoms with E-state index in [2.05, 4.69) is 13.8 Å². The van der Waals surface area contributed by atoms with Gasteiger partial charge in [-0.25, -0.2) is 0 Å². The minimum atomic E-state index is -0.263. The van der Waals surface area contributed by atoms with Crippen LogP contribution in [0.2, 0.25) is 0 Å². The van der Waals surface area contributed by atoms with E-state index in [1.165, 1.54) is 24.8 Å². The second kappa shape index (κ2) is 4.08. The van der Waals surface area contributed by atoms with Crippen molar-refractivity contribution in [3.05, 3.63) is 11.6 Å². The Morgan fingerprint density at radius 2 is 2.08 bits per heavy atom. The van der Waals surface area contributed by atoms with Gasteiger partial charge in [-0.05, 0) is 38.0 Å². The van der Waals surface area contributed by atoms with E-state index < -0.39 is 0 Å². The molecule has 1 rings (SSSR count). The van der Waals surface area contributed by atoms with Crippen molar-refractivity contribution in [2.24, 2.45) is 11.8 Å². The van der Waals surface area contributed by atoms with Crippen molar-refractivity contribution in [2.75, 3.05) is 0 Å². The minimum Gasteiger partial charge on any atom is -0.389 e. The second-order valence-corrected chi connectivity index (χ2v) is 4.26. The Morgan fingerprint density at radius 1 is 1.42 bits per heavy atom. The molecule has 1 heteroatoms. The van der Waals surface area contributed by atoms with E-state index in [1.807, 2.05) is 13.0 Å². The van der Waals surface area contributed by atoms with E-state index in [0.29, 0.717) is 0 Å². The van der Waals surface area contributed by atoms with Gasteiger partial charge in [0.15, 0.2) is 0 Å². The van der Waals surface area contributed by atoms with E-state index >= 15 is 0 Å². The van der Waals surface area contributed by atoms with Gasteiger partial charge in [-0.15, -0.1) is 0 Å². The molecule has 0 radical (unpaired) electrons. The summed E-state index contributed by atoms with van der Waals surface area (Å²) in [6, 6.07) is 0. The number of hydrogen-bond donors (Lipinski definition) is 1. The Hall–Kier alpha value is -0.300. The zero-order valence-corrected chi connectivity index (χ0v) is 8.38. The van der Waals surface area contributed by atoms with Crippen molar-refractivity contribution < 1.29 is 5.11 Å². The molecular formula is C11H20O. The molecule has 1 N–H and O–H groups in total. The minimum absolute atomic E-state index is 0.263. The lowest BCUT2D eigenvalue weighted by atomic mass is 9.79. The summed E-state index contributed by atoms with van der Waals surface area (Å²) < 4.78 is 0. The zero-order chi connectivity index (χ0) is 9.14.